The summed E-state index contributed by atoms with van der Waals surface area (Å²) < 4.78 is 107. The molecule has 1 amide bonds. The fourth-order valence-electron chi connectivity index (χ4n) is 3.56. The van der Waals surface area contributed by atoms with Gasteiger partial charge < -0.3 is 16.2 Å². The molecule has 0 bridgehead atoms. The van der Waals surface area contributed by atoms with E-state index in [4.69, 9.17) is 9.85 Å². The number of aliphatic hydroxyl groups excluding tert-OH is 1. The lowest BCUT2D eigenvalue weighted by Crippen LogP contribution is -2.22. The minimum absolute atomic E-state index is 0.121. The second-order valence-electron chi connectivity index (χ2n) is 7.72. The van der Waals surface area contributed by atoms with E-state index in [9.17, 15) is 31.9 Å². The van der Waals surface area contributed by atoms with Crippen LogP contribution < -0.4 is 11.1 Å². The standard InChI is InChI=1S/C23H17F6N5O2/c1-9-8-34-10(2)32-18(19(34)21(30)31-9)14-3-4-15(17(26)16(14)25)33-22(36)20(35)11-5-12(23(27,28)29)7-13(24)6-11/h3-8,20,35H,1-2H3,(H2,30,31)(H,33,36)/i2D3. The Morgan fingerprint density at radius 1 is 1.17 bits per heavy atom. The number of nitrogens with two attached hydrogens (primary N) is 1. The normalized spacial score (nSPS) is 14.3. The number of aromatic nitrogens is 3. The highest BCUT2D eigenvalue weighted by Gasteiger charge is 2.33. The Morgan fingerprint density at radius 2 is 1.89 bits per heavy atom. The summed E-state index contributed by atoms with van der Waals surface area (Å²) in [5.74, 6) is -6.86. The van der Waals surface area contributed by atoms with Crippen molar-refractivity contribution in [3.05, 3.63) is 76.6 Å². The van der Waals surface area contributed by atoms with Gasteiger partial charge in [0.25, 0.3) is 5.91 Å². The third-order valence-corrected chi connectivity index (χ3v) is 5.17. The number of alkyl halides is 3. The molecule has 2 heterocycles. The fraction of sp³-hybridized carbons (Fsp3) is 0.174. The first-order chi connectivity index (χ1) is 18.0. The van der Waals surface area contributed by atoms with Gasteiger partial charge in [0.1, 0.15) is 28.7 Å². The van der Waals surface area contributed by atoms with Crippen LogP contribution >= 0.6 is 0 Å². The van der Waals surface area contributed by atoms with E-state index in [1.165, 1.54) is 13.1 Å². The number of nitrogen functional groups attached to an aromatic ring is 1. The molecule has 4 rings (SSSR count). The van der Waals surface area contributed by atoms with Crippen LogP contribution in [-0.2, 0) is 11.0 Å². The highest BCUT2D eigenvalue weighted by Crippen LogP contribution is 2.34. The van der Waals surface area contributed by atoms with Crippen LogP contribution in [0.4, 0.5) is 37.8 Å². The van der Waals surface area contributed by atoms with Gasteiger partial charge in [0, 0.05) is 15.9 Å². The maximum absolute atomic E-state index is 15.2. The van der Waals surface area contributed by atoms with Crippen molar-refractivity contribution in [3.63, 3.8) is 0 Å². The number of carbonyl (C=O) groups excluding carboxylic acids is 1. The zero-order valence-corrected chi connectivity index (χ0v) is 18.1. The summed E-state index contributed by atoms with van der Waals surface area (Å²) >= 11 is 0. The summed E-state index contributed by atoms with van der Waals surface area (Å²) in [6.45, 7) is -1.25. The number of hydrogen-bond acceptors (Lipinski definition) is 5. The number of halogens is 6. The molecule has 0 aliphatic rings. The molecule has 1 unspecified atom stereocenters. The highest BCUT2D eigenvalue weighted by atomic mass is 19.4. The van der Waals surface area contributed by atoms with E-state index in [0.29, 0.717) is 17.8 Å². The highest BCUT2D eigenvalue weighted by molar-refractivity contribution is 5.95. The Bertz CT molecular complexity index is 1620. The monoisotopic (exact) mass is 512 g/mol. The smallest absolute Gasteiger partial charge is 0.382 e. The molecule has 188 valence electrons. The summed E-state index contributed by atoms with van der Waals surface area (Å²) in [6, 6.07) is 2.76. The number of aryl methyl sites for hydroxylation is 2. The largest absolute Gasteiger partial charge is 0.416 e. The summed E-state index contributed by atoms with van der Waals surface area (Å²) in [4.78, 5) is 20.4. The lowest BCUT2D eigenvalue weighted by molar-refractivity contribution is -0.138. The van der Waals surface area contributed by atoms with E-state index in [2.05, 4.69) is 9.97 Å². The van der Waals surface area contributed by atoms with Crippen molar-refractivity contribution >= 4 is 22.9 Å². The van der Waals surface area contributed by atoms with Crippen molar-refractivity contribution in [3.8, 4) is 11.3 Å². The van der Waals surface area contributed by atoms with Gasteiger partial charge in [-0.1, -0.05) is 0 Å². The Balaban J connectivity index is 1.72. The van der Waals surface area contributed by atoms with Crippen molar-refractivity contribution in [2.75, 3.05) is 11.1 Å². The molecule has 7 nitrogen and oxygen atoms in total. The second-order valence-corrected chi connectivity index (χ2v) is 7.72. The van der Waals surface area contributed by atoms with E-state index in [0.717, 1.165) is 16.5 Å². The topological polar surface area (TPSA) is 106 Å². The molecule has 36 heavy (non-hydrogen) atoms. The number of rotatable bonds is 4. The minimum Gasteiger partial charge on any atom is -0.382 e. The van der Waals surface area contributed by atoms with Crippen LogP contribution in [0.3, 0.4) is 0 Å². The van der Waals surface area contributed by atoms with E-state index in [-0.39, 0.29) is 23.1 Å². The van der Waals surface area contributed by atoms with Gasteiger partial charge in [0.2, 0.25) is 0 Å². The lowest BCUT2D eigenvalue weighted by atomic mass is 10.0. The number of aliphatic hydroxyl groups is 1. The van der Waals surface area contributed by atoms with Gasteiger partial charge in [0.05, 0.1) is 16.9 Å². The number of imidazole rings is 1. The number of benzene rings is 2. The maximum atomic E-state index is 15.2. The lowest BCUT2D eigenvalue weighted by Gasteiger charge is -2.15. The predicted octanol–water partition coefficient (Wildman–Crippen LogP) is 4.70. The van der Waals surface area contributed by atoms with Crippen molar-refractivity contribution in [1.29, 1.82) is 0 Å². The van der Waals surface area contributed by atoms with Crippen LogP contribution in [0.15, 0.2) is 36.5 Å². The summed E-state index contributed by atoms with van der Waals surface area (Å²) in [5, 5.41) is 12.0. The molecule has 0 saturated heterocycles. The Hall–Kier alpha value is -4.13. The van der Waals surface area contributed by atoms with Gasteiger partial charge in [0.15, 0.2) is 17.7 Å². The number of hydrogen-bond donors (Lipinski definition) is 3. The van der Waals surface area contributed by atoms with Crippen LogP contribution in [-0.4, -0.2) is 25.4 Å². The zero-order chi connectivity index (χ0) is 29.0. The van der Waals surface area contributed by atoms with Crippen molar-refractivity contribution in [2.45, 2.75) is 26.1 Å². The molecule has 2 aromatic heterocycles. The Kier molecular flexibility index (Phi) is 5.19. The van der Waals surface area contributed by atoms with Gasteiger partial charge in [-0.2, -0.15) is 13.2 Å². The second kappa shape index (κ2) is 8.82. The molecule has 4 N–H and O–H groups in total. The average Bonchev–Trinajstić information content (AvgIpc) is 3.20. The molecule has 2 aromatic carbocycles. The molecular weight excluding hydrogens is 492 g/mol. The zero-order valence-electron chi connectivity index (χ0n) is 21.1. The maximum Gasteiger partial charge on any atom is 0.416 e. The summed E-state index contributed by atoms with van der Waals surface area (Å²) in [6.07, 6.45) is -6.06. The van der Waals surface area contributed by atoms with Crippen molar-refractivity contribution in [1.82, 2.24) is 14.4 Å². The Morgan fingerprint density at radius 3 is 2.56 bits per heavy atom. The molecule has 0 aliphatic carbocycles. The van der Waals surface area contributed by atoms with Crippen LogP contribution in [0.2, 0.25) is 0 Å². The molecular formula is C23H17F6N5O2. The SMILES string of the molecule is [2H]C([2H])([2H])c1nc(-c2ccc(NC(=O)C(O)c3cc(F)cc(C(F)(F)F)c3)c(F)c2F)c2c(N)nc(C)cn12. The van der Waals surface area contributed by atoms with Crippen LogP contribution in [0.1, 0.15) is 32.9 Å². The average molecular weight is 512 g/mol. The number of fused-ring (bicyclic) bond motifs is 1. The van der Waals surface area contributed by atoms with E-state index in [1.54, 1.807) is 0 Å². The van der Waals surface area contributed by atoms with Gasteiger partial charge in [-0.05, 0) is 49.7 Å². The first-order valence-electron chi connectivity index (χ1n) is 11.5. The quantitative estimate of drug-likeness (QED) is 0.344. The van der Waals surface area contributed by atoms with Gasteiger partial charge in [-0.15, -0.1) is 0 Å². The first kappa shape index (κ1) is 21.2. The van der Waals surface area contributed by atoms with Gasteiger partial charge >= 0.3 is 6.18 Å². The third-order valence-electron chi connectivity index (χ3n) is 5.17. The van der Waals surface area contributed by atoms with Gasteiger partial charge in [-0.3, -0.25) is 9.20 Å². The molecule has 4 aromatic rings. The fourth-order valence-corrected chi connectivity index (χ4v) is 3.56. The molecule has 0 radical (unpaired) electrons. The number of nitrogens with one attached hydrogen (secondary N) is 1. The van der Waals surface area contributed by atoms with Crippen LogP contribution in [0, 0.1) is 31.2 Å². The number of nitrogens with zero attached hydrogens (tertiary/aromatic N) is 3. The third kappa shape index (κ3) is 4.44. The molecule has 13 heteroatoms. The molecule has 0 saturated carbocycles. The first-order valence-corrected chi connectivity index (χ1v) is 9.99. The van der Waals surface area contributed by atoms with Gasteiger partial charge in [-0.25, -0.2) is 23.1 Å². The van der Waals surface area contributed by atoms with Crippen molar-refractivity contribution < 1.29 is 40.4 Å². The Labute approximate surface area is 203 Å². The summed E-state index contributed by atoms with van der Waals surface area (Å²) in [7, 11) is 0. The summed E-state index contributed by atoms with van der Waals surface area (Å²) in [5.41, 5.74) is 2.13. The molecule has 1 atom stereocenters. The number of amides is 1. The van der Waals surface area contributed by atoms with E-state index >= 15 is 4.39 Å². The van der Waals surface area contributed by atoms with E-state index < -0.39 is 70.7 Å². The van der Waals surface area contributed by atoms with Crippen LogP contribution in [0.25, 0.3) is 16.8 Å². The van der Waals surface area contributed by atoms with Crippen molar-refractivity contribution in [2.24, 2.45) is 0 Å². The predicted molar refractivity (Wildman–Crippen MR) is 117 cm³/mol. The number of anilines is 2. The molecule has 0 aliphatic heterocycles. The minimum atomic E-state index is -4.98. The van der Waals surface area contributed by atoms with E-state index in [1.807, 2.05) is 5.32 Å². The van der Waals surface area contributed by atoms with Crippen LogP contribution in [0.5, 0.6) is 0 Å². The number of carbonyl (C=O) groups is 1. The molecule has 0 spiro atoms. The molecule has 0 fully saturated rings.